The van der Waals surface area contributed by atoms with Gasteiger partial charge in [-0.3, -0.25) is 4.79 Å². The zero-order valence-electron chi connectivity index (χ0n) is 13.2. The minimum atomic E-state index is 0.263. The minimum Gasteiger partial charge on any atom is -0.339 e. The Bertz CT molecular complexity index is 330. The monoisotopic (exact) mass is 277 g/mol. The first-order valence-electron chi connectivity index (χ1n) is 9.06. The Balaban J connectivity index is 1.53. The Morgan fingerprint density at radius 1 is 1.00 bits per heavy atom. The summed E-state index contributed by atoms with van der Waals surface area (Å²) < 4.78 is 0. The lowest BCUT2D eigenvalue weighted by Gasteiger charge is -2.38. The lowest BCUT2D eigenvalue weighted by molar-refractivity contribution is -0.138. The number of carbonyl (C=O) groups is 1. The molecule has 0 unspecified atom stereocenters. The van der Waals surface area contributed by atoms with E-state index in [4.69, 9.17) is 0 Å². The summed E-state index contributed by atoms with van der Waals surface area (Å²) in [6.07, 6.45) is 14.7. The van der Waals surface area contributed by atoms with Crippen LogP contribution in [0, 0.1) is 17.8 Å². The molecule has 2 nitrogen and oxygen atoms in total. The third-order valence-corrected chi connectivity index (χ3v) is 6.11. The Morgan fingerprint density at radius 3 is 2.40 bits per heavy atom. The van der Waals surface area contributed by atoms with Gasteiger partial charge in [-0.2, -0.15) is 0 Å². The van der Waals surface area contributed by atoms with Gasteiger partial charge in [-0.1, -0.05) is 45.4 Å². The summed E-state index contributed by atoms with van der Waals surface area (Å²) in [6.45, 7) is 3.22. The second-order valence-electron chi connectivity index (χ2n) is 7.57. The Kier molecular flexibility index (Phi) is 4.68. The number of amides is 1. The van der Waals surface area contributed by atoms with Crippen molar-refractivity contribution < 1.29 is 4.79 Å². The van der Waals surface area contributed by atoms with Gasteiger partial charge in [0, 0.05) is 18.5 Å². The van der Waals surface area contributed by atoms with Crippen LogP contribution in [0.1, 0.15) is 77.6 Å². The lowest BCUT2D eigenvalue weighted by Crippen LogP contribution is -2.44. The van der Waals surface area contributed by atoms with Crippen molar-refractivity contribution in [1.29, 1.82) is 0 Å². The molecule has 1 aliphatic heterocycles. The van der Waals surface area contributed by atoms with E-state index >= 15 is 0 Å². The van der Waals surface area contributed by atoms with Gasteiger partial charge in [0.15, 0.2) is 0 Å². The van der Waals surface area contributed by atoms with Gasteiger partial charge >= 0.3 is 0 Å². The molecule has 0 spiro atoms. The van der Waals surface area contributed by atoms with Crippen LogP contribution in [0.4, 0.5) is 0 Å². The SMILES string of the molecule is C[C@H](CC1CCCCC1)C(=O)N1CCC[C@H]1C1CCC1. The van der Waals surface area contributed by atoms with E-state index in [0.29, 0.717) is 11.9 Å². The largest absolute Gasteiger partial charge is 0.339 e. The predicted octanol–water partition coefficient (Wildman–Crippen LogP) is 4.38. The molecule has 0 bridgehead atoms. The lowest BCUT2D eigenvalue weighted by atomic mass is 9.78. The van der Waals surface area contributed by atoms with Gasteiger partial charge in [-0.05, 0) is 43.9 Å². The van der Waals surface area contributed by atoms with Crippen molar-refractivity contribution >= 4 is 5.91 Å². The van der Waals surface area contributed by atoms with Crippen LogP contribution in [0.2, 0.25) is 0 Å². The smallest absolute Gasteiger partial charge is 0.225 e. The standard InChI is InChI=1S/C18H31NO/c1-14(13-15-7-3-2-4-8-15)18(20)19-12-6-11-17(19)16-9-5-10-16/h14-17H,2-13H2,1H3/t14-,17+/m1/s1. The van der Waals surface area contributed by atoms with Gasteiger partial charge in [0.1, 0.15) is 0 Å². The molecule has 2 atom stereocenters. The molecule has 2 heteroatoms. The van der Waals surface area contributed by atoms with Gasteiger partial charge in [-0.15, -0.1) is 0 Å². The zero-order valence-corrected chi connectivity index (χ0v) is 13.2. The summed E-state index contributed by atoms with van der Waals surface area (Å²) in [4.78, 5) is 15.1. The zero-order chi connectivity index (χ0) is 13.9. The summed E-state index contributed by atoms with van der Waals surface area (Å²) >= 11 is 0. The maximum atomic E-state index is 12.8. The minimum absolute atomic E-state index is 0.263. The molecule has 1 saturated heterocycles. The summed E-state index contributed by atoms with van der Waals surface area (Å²) in [5, 5.41) is 0. The van der Waals surface area contributed by atoms with Crippen LogP contribution in [0.15, 0.2) is 0 Å². The highest BCUT2D eigenvalue weighted by atomic mass is 16.2. The Hall–Kier alpha value is -0.530. The first kappa shape index (κ1) is 14.4. The highest BCUT2D eigenvalue weighted by molar-refractivity contribution is 5.79. The van der Waals surface area contributed by atoms with E-state index in [2.05, 4.69) is 11.8 Å². The first-order chi connectivity index (χ1) is 9.75. The molecule has 1 amide bonds. The van der Waals surface area contributed by atoms with Gasteiger partial charge in [0.05, 0.1) is 0 Å². The van der Waals surface area contributed by atoms with Crippen molar-refractivity contribution in [3.05, 3.63) is 0 Å². The summed E-state index contributed by atoms with van der Waals surface area (Å²) in [5.74, 6) is 2.40. The fourth-order valence-corrected chi connectivity index (χ4v) is 4.69. The number of likely N-dealkylation sites (tertiary alicyclic amines) is 1. The van der Waals surface area contributed by atoms with E-state index in [0.717, 1.165) is 24.8 Å². The number of hydrogen-bond acceptors (Lipinski definition) is 1. The summed E-state index contributed by atoms with van der Waals surface area (Å²) in [6, 6.07) is 0.602. The molecule has 1 heterocycles. The van der Waals surface area contributed by atoms with Crippen molar-refractivity contribution in [3.63, 3.8) is 0 Å². The number of carbonyl (C=O) groups excluding carboxylic acids is 1. The third kappa shape index (κ3) is 3.04. The fourth-order valence-electron chi connectivity index (χ4n) is 4.69. The molecule has 0 N–H and O–H groups in total. The van der Waals surface area contributed by atoms with E-state index in [1.165, 1.54) is 64.2 Å². The highest BCUT2D eigenvalue weighted by Crippen LogP contribution is 2.38. The van der Waals surface area contributed by atoms with E-state index in [-0.39, 0.29) is 5.92 Å². The highest BCUT2D eigenvalue weighted by Gasteiger charge is 2.38. The predicted molar refractivity (Wildman–Crippen MR) is 82.4 cm³/mol. The molecule has 3 rings (SSSR count). The molecular weight excluding hydrogens is 246 g/mol. The second-order valence-corrected chi connectivity index (χ2v) is 7.57. The van der Waals surface area contributed by atoms with Crippen molar-refractivity contribution in [1.82, 2.24) is 4.90 Å². The van der Waals surface area contributed by atoms with E-state index < -0.39 is 0 Å². The second kappa shape index (κ2) is 6.49. The van der Waals surface area contributed by atoms with Crippen LogP contribution < -0.4 is 0 Å². The molecule has 0 aromatic rings. The van der Waals surface area contributed by atoms with Gasteiger partial charge in [0.25, 0.3) is 0 Å². The van der Waals surface area contributed by atoms with Crippen molar-refractivity contribution in [2.45, 2.75) is 83.6 Å². The van der Waals surface area contributed by atoms with E-state index in [1.807, 2.05) is 0 Å². The van der Waals surface area contributed by atoms with Crippen molar-refractivity contribution in [3.8, 4) is 0 Å². The molecule has 0 radical (unpaired) electrons. The van der Waals surface area contributed by atoms with E-state index in [1.54, 1.807) is 0 Å². The molecular formula is C18H31NO. The molecule has 114 valence electrons. The van der Waals surface area contributed by atoms with Crippen LogP contribution in [-0.2, 0) is 4.79 Å². The number of hydrogen-bond donors (Lipinski definition) is 0. The topological polar surface area (TPSA) is 20.3 Å². The first-order valence-corrected chi connectivity index (χ1v) is 9.06. The molecule has 0 aromatic carbocycles. The number of nitrogens with zero attached hydrogens (tertiary/aromatic N) is 1. The molecule has 0 aromatic heterocycles. The van der Waals surface area contributed by atoms with Crippen LogP contribution in [0.5, 0.6) is 0 Å². The van der Waals surface area contributed by atoms with Crippen LogP contribution in [0.3, 0.4) is 0 Å². The van der Waals surface area contributed by atoms with Crippen LogP contribution >= 0.6 is 0 Å². The van der Waals surface area contributed by atoms with Gasteiger partial charge in [-0.25, -0.2) is 0 Å². The number of rotatable bonds is 4. The molecule has 3 aliphatic rings. The maximum absolute atomic E-state index is 12.8. The fraction of sp³-hybridized carbons (Fsp3) is 0.944. The maximum Gasteiger partial charge on any atom is 0.225 e. The van der Waals surface area contributed by atoms with Crippen LogP contribution in [0.25, 0.3) is 0 Å². The molecule has 2 aliphatic carbocycles. The van der Waals surface area contributed by atoms with Gasteiger partial charge in [0.2, 0.25) is 5.91 Å². The average Bonchev–Trinajstić information content (AvgIpc) is 2.86. The molecule has 20 heavy (non-hydrogen) atoms. The normalized spacial score (nSPS) is 30.2. The van der Waals surface area contributed by atoms with Crippen molar-refractivity contribution in [2.75, 3.05) is 6.54 Å². The Labute approximate surface area is 124 Å². The third-order valence-electron chi connectivity index (χ3n) is 6.11. The van der Waals surface area contributed by atoms with Crippen LogP contribution in [-0.4, -0.2) is 23.4 Å². The van der Waals surface area contributed by atoms with E-state index in [9.17, 15) is 4.79 Å². The van der Waals surface area contributed by atoms with Crippen molar-refractivity contribution in [2.24, 2.45) is 17.8 Å². The quantitative estimate of drug-likeness (QED) is 0.746. The summed E-state index contributed by atoms with van der Waals surface area (Å²) in [5.41, 5.74) is 0. The summed E-state index contributed by atoms with van der Waals surface area (Å²) in [7, 11) is 0. The molecule has 3 fully saturated rings. The molecule has 2 saturated carbocycles. The Morgan fingerprint density at radius 2 is 1.75 bits per heavy atom. The van der Waals surface area contributed by atoms with Gasteiger partial charge < -0.3 is 4.90 Å². The average molecular weight is 277 g/mol.